The van der Waals surface area contributed by atoms with Crippen LogP contribution in [0.25, 0.3) is 0 Å². The van der Waals surface area contributed by atoms with E-state index in [1.165, 1.54) is 11.1 Å². The summed E-state index contributed by atoms with van der Waals surface area (Å²) in [5.41, 5.74) is 5.64. The Labute approximate surface area is 380 Å². The predicted octanol–water partition coefficient (Wildman–Crippen LogP) is 8.49. The van der Waals surface area contributed by atoms with Gasteiger partial charge in [-0.1, -0.05) is 37.1 Å². The van der Waals surface area contributed by atoms with Gasteiger partial charge in [-0.25, -0.2) is 0 Å². The van der Waals surface area contributed by atoms with Crippen molar-refractivity contribution in [3.8, 4) is 28.7 Å². The molecule has 3 atom stereocenters. The minimum atomic E-state index is -0.289. The molecule has 0 aliphatic carbocycles. The van der Waals surface area contributed by atoms with Crippen LogP contribution < -0.4 is 29.0 Å². The van der Waals surface area contributed by atoms with E-state index in [4.69, 9.17) is 33.7 Å². The summed E-state index contributed by atoms with van der Waals surface area (Å²) in [6, 6.07) is 12.1. The molecule has 2 fully saturated rings. The first kappa shape index (κ1) is 45.6. The smallest absolute Gasteiger partial charge is 0.257 e. The average molecular weight is 896 g/mol. The molecule has 3 aromatic rings. The maximum atomic E-state index is 13.7. The molecule has 0 aromatic heterocycles. The van der Waals surface area contributed by atoms with Gasteiger partial charge in [-0.05, 0) is 86.9 Å². The van der Waals surface area contributed by atoms with Crippen LogP contribution in [0.15, 0.2) is 75.7 Å². The second-order valence-electron chi connectivity index (χ2n) is 17.1. The van der Waals surface area contributed by atoms with E-state index in [9.17, 15) is 14.4 Å². The summed E-state index contributed by atoms with van der Waals surface area (Å²) in [6.45, 7) is 11.5. The van der Waals surface area contributed by atoms with E-state index in [2.05, 4.69) is 42.7 Å². The van der Waals surface area contributed by atoms with Crippen LogP contribution in [0.2, 0.25) is 0 Å². The number of rotatable bonds is 16. The third-order valence-electron chi connectivity index (χ3n) is 12.0. The Bertz CT molecular complexity index is 2240. The highest BCUT2D eigenvalue weighted by Gasteiger charge is 2.36. The number of fused-ring (bicyclic) bond motifs is 4. The molecule has 1 unspecified atom stereocenters. The summed E-state index contributed by atoms with van der Waals surface area (Å²) in [5, 5.41) is 3.04. The highest BCUT2D eigenvalue weighted by Crippen LogP contribution is 2.41. The quantitative estimate of drug-likeness (QED) is 0.0740. The molecule has 7 rings (SSSR count). The summed E-state index contributed by atoms with van der Waals surface area (Å²) in [5.74, 6) is 1.92. The van der Waals surface area contributed by atoms with Gasteiger partial charge < -0.3 is 38.8 Å². The lowest BCUT2D eigenvalue weighted by molar-refractivity contribution is -0.122. The molecule has 3 aromatic carbocycles. The van der Waals surface area contributed by atoms with Crippen molar-refractivity contribution in [1.82, 2.24) is 15.1 Å². The topological polar surface area (TPSA) is 141 Å². The van der Waals surface area contributed by atoms with Gasteiger partial charge in [0.25, 0.3) is 11.8 Å². The number of benzene rings is 3. The van der Waals surface area contributed by atoms with Crippen molar-refractivity contribution in [1.29, 1.82) is 0 Å². The number of carbonyl (C=O) groups excluding carboxylic acids is 3. The summed E-state index contributed by atoms with van der Waals surface area (Å²) in [4.78, 5) is 53.3. The van der Waals surface area contributed by atoms with Gasteiger partial charge in [0, 0.05) is 48.7 Å². The molecule has 4 aliphatic rings. The Balaban J connectivity index is 1.11. The van der Waals surface area contributed by atoms with Gasteiger partial charge in [-0.3, -0.25) is 24.4 Å². The lowest BCUT2D eigenvalue weighted by Crippen LogP contribution is -2.37. The molecule has 4 aliphatic heterocycles. The van der Waals surface area contributed by atoms with E-state index >= 15 is 0 Å². The molecule has 0 spiro atoms. The van der Waals surface area contributed by atoms with Crippen molar-refractivity contribution in [2.75, 3.05) is 33.9 Å². The van der Waals surface area contributed by atoms with Gasteiger partial charge in [0.05, 0.1) is 54.8 Å². The molecule has 0 radical (unpaired) electrons. The lowest BCUT2D eigenvalue weighted by Gasteiger charge is -2.27. The van der Waals surface area contributed by atoms with E-state index in [1.807, 2.05) is 75.0 Å². The van der Waals surface area contributed by atoms with Crippen LogP contribution in [-0.4, -0.2) is 96.6 Å². The fourth-order valence-electron chi connectivity index (χ4n) is 8.01. The van der Waals surface area contributed by atoms with E-state index in [1.54, 1.807) is 38.5 Å². The third-order valence-corrected chi connectivity index (χ3v) is 13.4. The standard InChI is InChI=1S/C48H57N5O8S2/c1-8-29-13-33-21-49-38-19-42(40(57-6)17-36(38)45(55)52(33)23-29)60-26-31-12-32(16-35(15-31)59-25-28(3)51-44(54)10-11-48(4,5)47(62)63)27-61-43-20-39-37(18-41(43)58-7)46(56)53-24-30(9-2)14-34(53)22-50-39/h8-9,12,15-22,28,33-34,47,62-63H,10-11,13-14,23-27H2,1-7H3,(H,51,54)/b29-8-,30-9-/t28?,33-,34-/m0/s1. The predicted molar refractivity (Wildman–Crippen MR) is 252 cm³/mol. The van der Waals surface area contributed by atoms with Crippen LogP contribution in [0.1, 0.15) is 92.1 Å². The largest absolute Gasteiger partial charge is 0.493 e. The first-order chi connectivity index (χ1) is 30.2. The van der Waals surface area contributed by atoms with Crippen molar-refractivity contribution >= 4 is 66.8 Å². The third kappa shape index (κ3) is 10.4. The van der Waals surface area contributed by atoms with Gasteiger partial charge in [-0.2, -0.15) is 25.3 Å². The number of thiol groups is 2. The minimum absolute atomic E-state index is 0.0786. The lowest BCUT2D eigenvalue weighted by atomic mass is 9.89. The van der Waals surface area contributed by atoms with Gasteiger partial charge in [0.15, 0.2) is 23.0 Å². The van der Waals surface area contributed by atoms with Crippen LogP contribution in [0, 0.1) is 5.41 Å². The zero-order valence-electron chi connectivity index (χ0n) is 37.0. The number of hydrogen-bond donors (Lipinski definition) is 3. The maximum absolute atomic E-state index is 13.7. The highest BCUT2D eigenvalue weighted by molar-refractivity contribution is 7.99. The van der Waals surface area contributed by atoms with Crippen LogP contribution in [0.5, 0.6) is 28.7 Å². The van der Waals surface area contributed by atoms with Crippen molar-refractivity contribution in [2.24, 2.45) is 15.4 Å². The molecule has 1 N–H and O–H groups in total. The second kappa shape index (κ2) is 19.5. The number of nitrogens with zero attached hydrogens (tertiary/aromatic N) is 4. The van der Waals surface area contributed by atoms with Crippen LogP contribution in [0.3, 0.4) is 0 Å². The average Bonchev–Trinajstić information content (AvgIpc) is 3.84. The number of carbonyl (C=O) groups is 3. The van der Waals surface area contributed by atoms with E-state index in [0.717, 1.165) is 24.0 Å². The SMILES string of the molecule is C/C=C1/C[C@H]2C=Nc3cc(OCc4cc(COc5cc6c(cc5OC)C(=O)N5C/C(=C\C)C[C@H]5C=N6)cc(OCC(C)NC(=O)CCC(C)(C)C(S)S)c4)c(OC)cc3C(=O)N2C1. The van der Waals surface area contributed by atoms with E-state index in [0.29, 0.717) is 77.2 Å². The molecule has 15 heteroatoms. The van der Waals surface area contributed by atoms with Crippen molar-refractivity contribution in [3.05, 3.63) is 88.0 Å². The normalized spacial score (nSPS) is 19.7. The van der Waals surface area contributed by atoms with Gasteiger partial charge in [-0.15, -0.1) is 0 Å². The first-order valence-electron chi connectivity index (χ1n) is 21.3. The Kier molecular flexibility index (Phi) is 14.1. The van der Waals surface area contributed by atoms with Crippen molar-refractivity contribution in [2.45, 2.75) is 96.2 Å². The summed E-state index contributed by atoms with van der Waals surface area (Å²) >= 11 is 8.92. The van der Waals surface area contributed by atoms with Crippen LogP contribution in [0.4, 0.5) is 11.4 Å². The van der Waals surface area contributed by atoms with E-state index < -0.39 is 0 Å². The number of allylic oxidation sites excluding steroid dienone is 2. The van der Waals surface area contributed by atoms with Gasteiger partial charge >= 0.3 is 0 Å². The Morgan fingerprint density at radius 1 is 0.778 bits per heavy atom. The Morgan fingerprint density at radius 2 is 1.27 bits per heavy atom. The Hall–Kier alpha value is -5.41. The monoisotopic (exact) mass is 895 g/mol. The molecule has 0 bridgehead atoms. The van der Waals surface area contributed by atoms with Crippen LogP contribution in [-0.2, 0) is 18.0 Å². The van der Waals surface area contributed by atoms with Crippen molar-refractivity contribution in [3.63, 3.8) is 0 Å². The number of nitrogens with one attached hydrogen (secondary N) is 1. The molecule has 13 nitrogen and oxygen atoms in total. The molecular weight excluding hydrogens is 839 g/mol. The number of aliphatic imine (C=N–C) groups is 2. The van der Waals surface area contributed by atoms with Crippen molar-refractivity contribution < 1.29 is 38.1 Å². The molecule has 3 amide bonds. The summed E-state index contributed by atoms with van der Waals surface area (Å²) in [6.07, 6.45) is 10.3. The Morgan fingerprint density at radius 3 is 1.71 bits per heavy atom. The highest BCUT2D eigenvalue weighted by atomic mass is 32.2. The maximum Gasteiger partial charge on any atom is 0.257 e. The minimum Gasteiger partial charge on any atom is -0.493 e. The number of ether oxygens (including phenoxy) is 5. The van der Waals surface area contributed by atoms with E-state index in [-0.39, 0.29) is 65.7 Å². The first-order valence-corrected chi connectivity index (χ1v) is 22.3. The summed E-state index contributed by atoms with van der Waals surface area (Å²) < 4.78 is 30.4. The molecular formula is C48H57N5O8S2. The zero-order chi connectivity index (χ0) is 45.0. The molecule has 63 heavy (non-hydrogen) atoms. The van der Waals surface area contributed by atoms with Gasteiger partial charge in [0.1, 0.15) is 25.6 Å². The molecule has 0 saturated carbocycles. The zero-order valence-corrected chi connectivity index (χ0v) is 38.8. The second-order valence-corrected chi connectivity index (χ2v) is 18.5. The number of methoxy groups -OCH3 is 2. The number of amides is 3. The molecule has 4 heterocycles. The van der Waals surface area contributed by atoms with Gasteiger partial charge in [0.2, 0.25) is 5.91 Å². The van der Waals surface area contributed by atoms with Crippen LogP contribution >= 0.6 is 25.3 Å². The number of hydrogen-bond acceptors (Lipinski definition) is 12. The fourth-order valence-corrected chi connectivity index (χ4v) is 8.26. The molecule has 334 valence electrons. The molecule has 2 saturated heterocycles. The fraction of sp³-hybridized carbons (Fsp3) is 0.438. The summed E-state index contributed by atoms with van der Waals surface area (Å²) in [7, 11) is 3.08.